The Labute approximate surface area is 57.3 Å². The number of ketones is 1. The molecule has 0 radical (unpaired) electrons. The van der Waals surface area contributed by atoms with Crippen molar-refractivity contribution in [1.82, 2.24) is 0 Å². The van der Waals surface area contributed by atoms with Crippen LogP contribution in [0.2, 0.25) is 0 Å². The van der Waals surface area contributed by atoms with E-state index in [9.17, 15) is 4.79 Å². The number of carbonyl (C=O) groups is 1. The number of allylic oxidation sites excluding steroid dienone is 2. The highest BCUT2D eigenvalue weighted by atomic mass is 35.5. The predicted molar refractivity (Wildman–Crippen MR) is 33.0 cm³/mol. The SMILES string of the molecule is O=C1CC(Cl)=C(Cl)C1. The van der Waals surface area contributed by atoms with E-state index in [1.54, 1.807) is 0 Å². The summed E-state index contributed by atoms with van der Waals surface area (Å²) in [4.78, 5) is 10.5. The Morgan fingerprint density at radius 1 is 1.12 bits per heavy atom. The van der Waals surface area contributed by atoms with Gasteiger partial charge in [-0.3, -0.25) is 4.79 Å². The van der Waals surface area contributed by atoms with Crippen molar-refractivity contribution < 1.29 is 4.79 Å². The van der Waals surface area contributed by atoms with E-state index in [1.165, 1.54) is 0 Å². The fourth-order valence-electron chi connectivity index (χ4n) is 0.601. The normalized spacial score (nSPS) is 20.5. The Hall–Kier alpha value is -0.0100. The van der Waals surface area contributed by atoms with Crippen molar-refractivity contribution in [2.45, 2.75) is 12.8 Å². The summed E-state index contributed by atoms with van der Waals surface area (Å²) in [6.07, 6.45) is 0.667. The summed E-state index contributed by atoms with van der Waals surface area (Å²) in [5.41, 5.74) is 0. The largest absolute Gasteiger partial charge is 0.299 e. The zero-order chi connectivity index (χ0) is 6.15. The molecule has 3 heteroatoms. The Morgan fingerprint density at radius 3 is 1.62 bits per heavy atom. The van der Waals surface area contributed by atoms with Gasteiger partial charge in [0.05, 0.1) is 0 Å². The highest BCUT2D eigenvalue weighted by Crippen LogP contribution is 2.28. The minimum absolute atomic E-state index is 0.111. The number of rotatable bonds is 0. The number of hydrogen-bond donors (Lipinski definition) is 0. The first-order valence-electron chi connectivity index (χ1n) is 2.25. The number of Topliss-reactive ketones (excluding diaryl/α,β-unsaturated/α-hetero) is 1. The molecule has 0 aliphatic heterocycles. The van der Waals surface area contributed by atoms with Crippen LogP contribution in [-0.2, 0) is 4.79 Å². The molecule has 0 bridgehead atoms. The molecule has 0 unspecified atom stereocenters. The second-order valence-corrected chi connectivity index (χ2v) is 2.61. The molecule has 0 saturated carbocycles. The Balaban J connectivity index is 2.73. The van der Waals surface area contributed by atoms with Crippen molar-refractivity contribution in [2.75, 3.05) is 0 Å². The first-order chi connectivity index (χ1) is 3.70. The molecule has 0 heterocycles. The molecular weight excluding hydrogens is 147 g/mol. The van der Waals surface area contributed by atoms with Crippen LogP contribution in [0.25, 0.3) is 0 Å². The van der Waals surface area contributed by atoms with Gasteiger partial charge in [-0.1, -0.05) is 23.2 Å². The molecule has 1 rings (SSSR count). The molecule has 0 spiro atoms. The van der Waals surface area contributed by atoms with Crippen LogP contribution in [0.4, 0.5) is 0 Å². The zero-order valence-electron chi connectivity index (χ0n) is 4.08. The lowest BCUT2D eigenvalue weighted by Crippen LogP contribution is -1.85. The third kappa shape index (κ3) is 1.04. The van der Waals surface area contributed by atoms with Crippen molar-refractivity contribution in [1.29, 1.82) is 0 Å². The fraction of sp³-hybridized carbons (Fsp3) is 0.400. The molecule has 0 saturated heterocycles. The highest BCUT2D eigenvalue weighted by molar-refractivity contribution is 6.42. The summed E-state index contributed by atoms with van der Waals surface area (Å²) in [5, 5.41) is 1.02. The Kier molecular flexibility index (Phi) is 1.59. The van der Waals surface area contributed by atoms with Crippen molar-refractivity contribution in [2.24, 2.45) is 0 Å². The van der Waals surface area contributed by atoms with Gasteiger partial charge in [0.2, 0.25) is 0 Å². The monoisotopic (exact) mass is 150 g/mol. The van der Waals surface area contributed by atoms with Crippen LogP contribution in [0.15, 0.2) is 10.1 Å². The van der Waals surface area contributed by atoms with Gasteiger partial charge in [0.15, 0.2) is 0 Å². The maximum absolute atomic E-state index is 10.5. The topological polar surface area (TPSA) is 17.1 Å². The summed E-state index contributed by atoms with van der Waals surface area (Å²) in [6.45, 7) is 0. The van der Waals surface area contributed by atoms with Gasteiger partial charge in [-0.25, -0.2) is 0 Å². The summed E-state index contributed by atoms with van der Waals surface area (Å²) in [5.74, 6) is 0.111. The van der Waals surface area contributed by atoms with Crippen LogP contribution in [0, 0.1) is 0 Å². The van der Waals surface area contributed by atoms with E-state index in [2.05, 4.69) is 0 Å². The van der Waals surface area contributed by atoms with Crippen LogP contribution in [0.3, 0.4) is 0 Å². The van der Waals surface area contributed by atoms with Crippen LogP contribution in [0.1, 0.15) is 12.8 Å². The molecule has 0 N–H and O–H groups in total. The Morgan fingerprint density at radius 2 is 1.50 bits per heavy atom. The maximum Gasteiger partial charge on any atom is 0.143 e. The van der Waals surface area contributed by atoms with E-state index in [0.29, 0.717) is 22.9 Å². The van der Waals surface area contributed by atoms with Crippen LogP contribution in [0.5, 0.6) is 0 Å². The van der Waals surface area contributed by atoms with Crippen molar-refractivity contribution in [3.8, 4) is 0 Å². The number of hydrogen-bond acceptors (Lipinski definition) is 1. The number of halogens is 2. The molecule has 0 fully saturated rings. The van der Waals surface area contributed by atoms with E-state index < -0.39 is 0 Å². The molecule has 1 nitrogen and oxygen atoms in total. The van der Waals surface area contributed by atoms with Crippen molar-refractivity contribution in [3.63, 3.8) is 0 Å². The molecule has 0 aromatic rings. The Bertz CT molecular complexity index is 144. The van der Waals surface area contributed by atoms with Gasteiger partial charge in [0.1, 0.15) is 5.78 Å². The minimum atomic E-state index is 0.111. The van der Waals surface area contributed by atoms with E-state index >= 15 is 0 Å². The fourth-order valence-corrected chi connectivity index (χ4v) is 1.03. The van der Waals surface area contributed by atoms with Crippen LogP contribution in [-0.4, -0.2) is 5.78 Å². The lowest BCUT2D eigenvalue weighted by molar-refractivity contribution is -0.117. The maximum atomic E-state index is 10.5. The smallest absolute Gasteiger partial charge is 0.143 e. The highest BCUT2D eigenvalue weighted by Gasteiger charge is 2.17. The zero-order valence-corrected chi connectivity index (χ0v) is 5.59. The molecule has 0 aromatic carbocycles. The lowest BCUT2D eigenvalue weighted by Gasteiger charge is -1.79. The summed E-state index contributed by atoms with van der Waals surface area (Å²) in [6, 6.07) is 0. The number of carbonyl (C=O) groups excluding carboxylic acids is 1. The van der Waals surface area contributed by atoms with E-state index in [-0.39, 0.29) is 5.78 Å². The molecule has 0 amide bonds. The standard InChI is InChI=1S/C5H4Cl2O/c6-4-1-3(8)2-5(4)7/h1-2H2. The van der Waals surface area contributed by atoms with E-state index in [0.717, 1.165) is 0 Å². The molecular formula is C5H4Cl2O. The van der Waals surface area contributed by atoms with Gasteiger partial charge in [0.25, 0.3) is 0 Å². The molecule has 0 aromatic heterocycles. The van der Waals surface area contributed by atoms with Gasteiger partial charge in [-0.15, -0.1) is 0 Å². The van der Waals surface area contributed by atoms with Crippen molar-refractivity contribution >= 4 is 29.0 Å². The quantitative estimate of drug-likeness (QED) is 0.517. The molecule has 8 heavy (non-hydrogen) atoms. The molecule has 1 aliphatic rings. The molecule has 44 valence electrons. The summed E-state index contributed by atoms with van der Waals surface area (Å²) >= 11 is 11.0. The van der Waals surface area contributed by atoms with Gasteiger partial charge in [-0.2, -0.15) is 0 Å². The summed E-state index contributed by atoms with van der Waals surface area (Å²) < 4.78 is 0. The molecule has 1 aliphatic carbocycles. The van der Waals surface area contributed by atoms with E-state index in [1.807, 2.05) is 0 Å². The third-order valence-corrected chi connectivity index (χ3v) is 1.82. The summed E-state index contributed by atoms with van der Waals surface area (Å²) in [7, 11) is 0. The third-order valence-electron chi connectivity index (χ3n) is 0.999. The van der Waals surface area contributed by atoms with Gasteiger partial charge in [0, 0.05) is 22.9 Å². The first-order valence-corrected chi connectivity index (χ1v) is 3.00. The van der Waals surface area contributed by atoms with Gasteiger partial charge >= 0.3 is 0 Å². The average Bonchev–Trinajstić information content (AvgIpc) is 1.85. The molecule has 0 atom stereocenters. The van der Waals surface area contributed by atoms with Gasteiger partial charge < -0.3 is 0 Å². The average molecular weight is 151 g/mol. The minimum Gasteiger partial charge on any atom is -0.299 e. The van der Waals surface area contributed by atoms with Crippen LogP contribution >= 0.6 is 23.2 Å². The van der Waals surface area contributed by atoms with E-state index in [4.69, 9.17) is 23.2 Å². The van der Waals surface area contributed by atoms with Gasteiger partial charge in [-0.05, 0) is 0 Å². The predicted octanol–water partition coefficient (Wildman–Crippen LogP) is 2.04. The first kappa shape index (κ1) is 6.12. The second-order valence-electron chi connectivity index (χ2n) is 1.70. The van der Waals surface area contributed by atoms with Crippen LogP contribution < -0.4 is 0 Å². The lowest BCUT2D eigenvalue weighted by atomic mass is 10.3. The van der Waals surface area contributed by atoms with Crippen molar-refractivity contribution in [3.05, 3.63) is 10.1 Å². The second kappa shape index (κ2) is 2.08.